The number of alkyl halides is 3. The summed E-state index contributed by atoms with van der Waals surface area (Å²) >= 11 is 5.81. The van der Waals surface area contributed by atoms with Gasteiger partial charge in [-0.15, -0.1) is 13.2 Å². The van der Waals surface area contributed by atoms with Crippen LogP contribution in [-0.2, 0) is 0 Å². The summed E-state index contributed by atoms with van der Waals surface area (Å²) in [5.41, 5.74) is 1.55. The Morgan fingerprint density at radius 3 is 2.82 bits per heavy atom. The molecule has 0 bridgehead atoms. The lowest BCUT2D eigenvalue weighted by molar-refractivity contribution is -0.274. The van der Waals surface area contributed by atoms with Gasteiger partial charge >= 0.3 is 6.36 Å². The number of fused-ring (bicyclic) bond motifs is 1. The number of aromatic amines is 1. The van der Waals surface area contributed by atoms with Crippen molar-refractivity contribution in [3.8, 4) is 5.75 Å². The van der Waals surface area contributed by atoms with Crippen LogP contribution in [0.25, 0.3) is 11.0 Å². The van der Waals surface area contributed by atoms with Gasteiger partial charge in [0.1, 0.15) is 11.3 Å². The standard InChI is InChI=1S/C13H8ClF3N4O/c14-7-4-8(6-9(5-7)22-13(15,16)17)19-12-11-10(20-21-12)2-1-3-18-11/h1-6H,(H2,19,20,21). The molecular weight excluding hydrogens is 321 g/mol. The molecule has 0 aliphatic heterocycles. The SMILES string of the molecule is FC(F)(F)Oc1cc(Cl)cc(Nc2n[nH]c3cccnc23)c1. The van der Waals surface area contributed by atoms with Crippen LogP contribution >= 0.6 is 11.6 Å². The normalized spacial score (nSPS) is 11.6. The van der Waals surface area contributed by atoms with E-state index in [4.69, 9.17) is 11.6 Å². The smallest absolute Gasteiger partial charge is 0.406 e. The molecule has 22 heavy (non-hydrogen) atoms. The maximum Gasteiger partial charge on any atom is 0.573 e. The lowest BCUT2D eigenvalue weighted by Gasteiger charge is -2.11. The second-order valence-corrected chi connectivity index (χ2v) is 4.76. The summed E-state index contributed by atoms with van der Waals surface area (Å²) in [5.74, 6) is -0.0499. The Labute approximate surface area is 127 Å². The second kappa shape index (κ2) is 5.38. The van der Waals surface area contributed by atoms with E-state index in [1.807, 2.05) is 0 Å². The fourth-order valence-electron chi connectivity index (χ4n) is 1.90. The molecule has 3 rings (SSSR count). The maximum atomic E-state index is 12.3. The van der Waals surface area contributed by atoms with E-state index >= 15 is 0 Å². The molecule has 0 fully saturated rings. The molecule has 5 nitrogen and oxygen atoms in total. The van der Waals surface area contributed by atoms with Gasteiger partial charge in [-0.25, -0.2) is 0 Å². The number of ether oxygens (including phenoxy) is 1. The van der Waals surface area contributed by atoms with Crippen molar-refractivity contribution in [3.63, 3.8) is 0 Å². The average Bonchev–Trinajstić information content (AvgIpc) is 2.79. The second-order valence-electron chi connectivity index (χ2n) is 4.32. The van der Waals surface area contributed by atoms with E-state index in [9.17, 15) is 13.2 Å². The molecule has 0 aliphatic carbocycles. The zero-order valence-corrected chi connectivity index (χ0v) is 11.5. The Morgan fingerprint density at radius 2 is 2.05 bits per heavy atom. The van der Waals surface area contributed by atoms with E-state index in [0.29, 0.717) is 22.5 Å². The van der Waals surface area contributed by atoms with Gasteiger partial charge < -0.3 is 10.1 Å². The number of anilines is 2. The number of aromatic nitrogens is 3. The van der Waals surface area contributed by atoms with Crippen molar-refractivity contribution in [2.75, 3.05) is 5.32 Å². The van der Waals surface area contributed by atoms with E-state index < -0.39 is 12.1 Å². The molecule has 2 heterocycles. The number of benzene rings is 1. The van der Waals surface area contributed by atoms with Crippen LogP contribution in [-0.4, -0.2) is 21.5 Å². The third kappa shape index (κ3) is 3.22. The van der Waals surface area contributed by atoms with E-state index in [1.54, 1.807) is 18.3 Å². The largest absolute Gasteiger partial charge is 0.573 e. The van der Waals surface area contributed by atoms with Gasteiger partial charge in [0.05, 0.1) is 5.52 Å². The van der Waals surface area contributed by atoms with Gasteiger partial charge in [-0.2, -0.15) is 5.10 Å². The fraction of sp³-hybridized carbons (Fsp3) is 0.0769. The minimum atomic E-state index is -4.79. The lowest BCUT2D eigenvalue weighted by atomic mass is 10.3. The molecule has 3 aromatic rings. The summed E-state index contributed by atoms with van der Waals surface area (Å²) in [5, 5.41) is 9.73. The van der Waals surface area contributed by atoms with Crippen LogP contribution in [0.15, 0.2) is 36.5 Å². The van der Waals surface area contributed by atoms with Gasteiger partial charge in [-0.1, -0.05) is 11.6 Å². The molecule has 2 aromatic heterocycles. The van der Waals surface area contributed by atoms with Crippen LogP contribution in [0.1, 0.15) is 0 Å². The molecule has 114 valence electrons. The van der Waals surface area contributed by atoms with E-state index in [0.717, 1.165) is 6.07 Å². The van der Waals surface area contributed by atoms with Crippen LogP contribution < -0.4 is 10.1 Å². The first kappa shape index (κ1) is 14.5. The summed E-state index contributed by atoms with van der Waals surface area (Å²) in [6, 6.07) is 7.20. The minimum absolute atomic E-state index is 0.0945. The molecule has 0 atom stereocenters. The molecule has 2 N–H and O–H groups in total. The van der Waals surface area contributed by atoms with Gasteiger partial charge in [0.25, 0.3) is 0 Å². The highest BCUT2D eigenvalue weighted by Gasteiger charge is 2.31. The van der Waals surface area contributed by atoms with Crippen molar-refractivity contribution >= 4 is 34.1 Å². The van der Waals surface area contributed by atoms with E-state index in [-0.39, 0.29) is 5.02 Å². The van der Waals surface area contributed by atoms with Gasteiger partial charge in [0.2, 0.25) is 0 Å². The molecule has 0 amide bonds. The summed E-state index contributed by atoms with van der Waals surface area (Å²) in [6.07, 6.45) is -3.21. The molecule has 0 saturated carbocycles. The number of rotatable bonds is 3. The summed E-state index contributed by atoms with van der Waals surface area (Å²) < 4.78 is 40.7. The first-order chi connectivity index (χ1) is 10.4. The van der Waals surface area contributed by atoms with E-state index in [2.05, 4.69) is 25.2 Å². The summed E-state index contributed by atoms with van der Waals surface area (Å²) in [6.45, 7) is 0. The first-order valence-electron chi connectivity index (χ1n) is 6.03. The predicted molar refractivity (Wildman–Crippen MR) is 75.3 cm³/mol. The van der Waals surface area contributed by atoms with Crippen LogP contribution in [0.3, 0.4) is 0 Å². The molecule has 0 spiro atoms. The number of hydrogen-bond acceptors (Lipinski definition) is 4. The molecule has 0 radical (unpaired) electrons. The van der Waals surface area contributed by atoms with Crippen molar-refractivity contribution in [3.05, 3.63) is 41.6 Å². The first-order valence-corrected chi connectivity index (χ1v) is 6.41. The number of H-pyrrole nitrogens is 1. The molecule has 0 aliphatic rings. The highest BCUT2D eigenvalue weighted by atomic mass is 35.5. The number of pyridine rings is 1. The van der Waals surface area contributed by atoms with Crippen LogP contribution in [0.4, 0.5) is 24.7 Å². The van der Waals surface area contributed by atoms with Gasteiger partial charge in [-0.3, -0.25) is 10.1 Å². The van der Waals surface area contributed by atoms with Gasteiger partial charge in [-0.05, 0) is 24.3 Å². The summed E-state index contributed by atoms with van der Waals surface area (Å²) in [4.78, 5) is 4.14. The van der Waals surface area contributed by atoms with Crippen molar-refractivity contribution < 1.29 is 17.9 Å². The van der Waals surface area contributed by atoms with Crippen LogP contribution in [0, 0.1) is 0 Å². The van der Waals surface area contributed by atoms with Crippen molar-refractivity contribution in [2.45, 2.75) is 6.36 Å². The van der Waals surface area contributed by atoms with Crippen molar-refractivity contribution in [1.29, 1.82) is 0 Å². The molecule has 0 saturated heterocycles. The Hall–Kier alpha value is -2.48. The molecule has 1 aromatic carbocycles. The quantitative estimate of drug-likeness (QED) is 0.754. The zero-order chi connectivity index (χ0) is 15.7. The van der Waals surface area contributed by atoms with Gasteiger partial charge in [0.15, 0.2) is 5.82 Å². The Kier molecular flexibility index (Phi) is 3.53. The Balaban J connectivity index is 1.92. The maximum absolute atomic E-state index is 12.3. The zero-order valence-electron chi connectivity index (χ0n) is 10.8. The highest BCUT2D eigenvalue weighted by molar-refractivity contribution is 6.31. The lowest BCUT2D eigenvalue weighted by Crippen LogP contribution is -2.17. The number of halogens is 4. The fourth-order valence-corrected chi connectivity index (χ4v) is 2.13. The topological polar surface area (TPSA) is 62.8 Å². The molecule has 0 unspecified atom stereocenters. The van der Waals surface area contributed by atoms with Crippen LogP contribution in [0.2, 0.25) is 5.02 Å². The van der Waals surface area contributed by atoms with Crippen LogP contribution in [0.5, 0.6) is 5.75 Å². The highest BCUT2D eigenvalue weighted by Crippen LogP contribution is 2.31. The Morgan fingerprint density at radius 1 is 1.23 bits per heavy atom. The monoisotopic (exact) mass is 328 g/mol. The molecule has 9 heteroatoms. The Bertz CT molecular complexity index is 818. The predicted octanol–water partition coefficient (Wildman–Crippen LogP) is 4.25. The van der Waals surface area contributed by atoms with Crippen molar-refractivity contribution in [1.82, 2.24) is 15.2 Å². The van der Waals surface area contributed by atoms with E-state index in [1.165, 1.54) is 12.1 Å². The number of hydrogen-bond donors (Lipinski definition) is 2. The number of nitrogens with zero attached hydrogens (tertiary/aromatic N) is 2. The van der Waals surface area contributed by atoms with Crippen molar-refractivity contribution in [2.24, 2.45) is 0 Å². The molecular formula is C13H8ClF3N4O. The minimum Gasteiger partial charge on any atom is -0.406 e. The van der Waals surface area contributed by atoms with Gasteiger partial charge in [0, 0.05) is 23.0 Å². The number of nitrogens with one attached hydrogen (secondary N) is 2. The third-order valence-electron chi connectivity index (χ3n) is 2.69. The average molecular weight is 329 g/mol. The summed E-state index contributed by atoms with van der Waals surface area (Å²) in [7, 11) is 0. The third-order valence-corrected chi connectivity index (χ3v) is 2.91.